The Morgan fingerprint density at radius 1 is 1.14 bits per heavy atom. The average molecular weight is 186 g/mol. The third kappa shape index (κ3) is 1.47. The first kappa shape index (κ1) is 9.09. The van der Waals surface area contributed by atoms with Gasteiger partial charge in [-0.25, -0.2) is 0 Å². The summed E-state index contributed by atoms with van der Waals surface area (Å²) in [6.45, 7) is 1.99. The zero-order chi connectivity index (χ0) is 9.97. The smallest absolute Gasteiger partial charge is 0.504 e. The van der Waals surface area contributed by atoms with Gasteiger partial charge in [-0.15, -0.1) is 0 Å². The molecule has 0 bridgehead atoms. The van der Waals surface area contributed by atoms with Gasteiger partial charge in [0.25, 0.3) is 0 Å². The van der Waals surface area contributed by atoms with Crippen molar-refractivity contribution in [2.45, 2.75) is 6.92 Å². The van der Waals surface area contributed by atoms with Crippen LogP contribution in [0.1, 0.15) is 5.56 Å². The highest BCUT2D eigenvalue weighted by atomic mass is 16.5. The molecule has 1 N–H and O–H groups in total. The van der Waals surface area contributed by atoms with Crippen LogP contribution in [0.15, 0.2) is 36.4 Å². The molecule has 2 rings (SSSR count). The van der Waals surface area contributed by atoms with E-state index in [1.165, 1.54) is 10.8 Å². The molecular formula is C11H11BO2. The third-order valence-corrected chi connectivity index (χ3v) is 2.37. The largest absolute Gasteiger partial charge is 0.539 e. The average Bonchev–Trinajstić information content (AvgIpc) is 2.23. The Bertz CT molecular complexity index is 454. The van der Waals surface area contributed by atoms with Gasteiger partial charge in [0.15, 0.2) is 0 Å². The van der Waals surface area contributed by atoms with Gasteiger partial charge >= 0.3 is 7.69 Å². The van der Waals surface area contributed by atoms with Crippen LogP contribution < -0.4 is 4.65 Å². The maximum atomic E-state index is 8.69. The lowest BCUT2D eigenvalue weighted by atomic mass is 10.0. The molecule has 0 radical (unpaired) electrons. The third-order valence-electron chi connectivity index (χ3n) is 2.37. The predicted molar refractivity (Wildman–Crippen MR) is 58.7 cm³/mol. The molecule has 14 heavy (non-hydrogen) atoms. The second-order valence-corrected chi connectivity index (χ2v) is 3.18. The maximum Gasteiger partial charge on any atom is 0.504 e. The molecule has 0 aliphatic carbocycles. The molecule has 3 heteroatoms. The Hall–Kier alpha value is -1.48. The van der Waals surface area contributed by atoms with E-state index in [0.717, 1.165) is 11.3 Å². The van der Waals surface area contributed by atoms with Crippen molar-refractivity contribution in [2.24, 2.45) is 0 Å². The fourth-order valence-corrected chi connectivity index (χ4v) is 1.63. The topological polar surface area (TPSA) is 29.5 Å². The number of hydrogen-bond donors (Lipinski definition) is 1. The molecule has 0 aliphatic heterocycles. The summed E-state index contributed by atoms with van der Waals surface area (Å²) in [4.78, 5) is 0. The number of rotatable bonds is 2. The highest BCUT2D eigenvalue weighted by Crippen LogP contribution is 2.26. The molecule has 2 nitrogen and oxygen atoms in total. The first-order chi connectivity index (χ1) is 6.83. The number of benzene rings is 2. The molecule has 2 aromatic carbocycles. The van der Waals surface area contributed by atoms with Crippen LogP contribution in [0.4, 0.5) is 0 Å². The van der Waals surface area contributed by atoms with Crippen molar-refractivity contribution in [3.8, 4) is 5.75 Å². The van der Waals surface area contributed by atoms with Crippen molar-refractivity contribution >= 4 is 18.5 Å². The van der Waals surface area contributed by atoms with E-state index in [-0.39, 0.29) is 7.69 Å². The van der Waals surface area contributed by atoms with Crippen molar-refractivity contribution in [1.82, 2.24) is 0 Å². The number of fused-ring (bicyclic) bond motifs is 1. The van der Waals surface area contributed by atoms with E-state index in [0.29, 0.717) is 0 Å². The minimum Gasteiger partial charge on any atom is -0.539 e. The van der Waals surface area contributed by atoms with E-state index in [1.807, 2.05) is 31.2 Å². The fraction of sp³-hybridized carbons (Fsp3) is 0.0909. The summed E-state index contributed by atoms with van der Waals surface area (Å²) in [5.41, 5.74) is 1.07. The molecular weight excluding hydrogens is 175 g/mol. The summed E-state index contributed by atoms with van der Waals surface area (Å²) in [7, 11) is -0.279. The fourth-order valence-electron chi connectivity index (χ4n) is 1.63. The van der Waals surface area contributed by atoms with Crippen molar-refractivity contribution in [1.29, 1.82) is 0 Å². The van der Waals surface area contributed by atoms with Gasteiger partial charge in [-0.1, -0.05) is 30.3 Å². The van der Waals surface area contributed by atoms with Crippen molar-refractivity contribution < 1.29 is 9.68 Å². The predicted octanol–water partition coefficient (Wildman–Crippen LogP) is 1.79. The lowest BCUT2D eigenvalue weighted by Crippen LogP contribution is -2.01. The minimum atomic E-state index is -0.279. The Kier molecular flexibility index (Phi) is 2.42. The summed E-state index contributed by atoms with van der Waals surface area (Å²) < 4.78 is 5.10. The second kappa shape index (κ2) is 3.72. The molecule has 0 saturated carbocycles. The summed E-state index contributed by atoms with van der Waals surface area (Å²) >= 11 is 0. The van der Waals surface area contributed by atoms with Gasteiger partial charge in [-0.05, 0) is 29.3 Å². The second-order valence-electron chi connectivity index (χ2n) is 3.18. The molecule has 0 saturated heterocycles. The SMILES string of the molecule is Cc1c(OBO)ccc2ccccc12. The Balaban J connectivity index is 2.63. The molecule has 0 heterocycles. The Morgan fingerprint density at radius 3 is 2.71 bits per heavy atom. The maximum absolute atomic E-state index is 8.69. The Labute approximate surface area is 83.4 Å². The Morgan fingerprint density at radius 2 is 1.93 bits per heavy atom. The first-order valence-electron chi connectivity index (χ1n) is 4.55. The van der Waals surface area contributed by atoms with E-state index >= 15 is 0 Å². The zero-order valence-corrected chi connectivity index (χ0v) is 8.03. The van der Waals surface area contributed by atoms with Crippen molar-refractivity contribution in [3.05, 3.63) is 42.0 Å². The van der Waals surface area contributed by atoms with Crippen LogP contribution in [-0.2, 0) is 0 Å². The first-order valence-corrected chi connectivity index (χ1v) is 4.55. The standard InChI is InChI=1S/C11H11BO2/c1-8-10-5-3-2-4-9(10)6-7-11(8)14-12-13/h2-7,12-13H,1H3. The summed E-state index contributed by atoms with van der Waals surface area (Å²) in [6.07, 6.45) is 0. The molecule has 70 valence electrons. The van der Waals surface area contributed by atoms with E-state index in [9.17, 15) is 0 Å². The summed E-state index contributed by atoms with van der Waals surface area (Å²) in [5, 5.41) is 11.0. The van der Waals surface area contributed by atoms with Gasteiger partial charge in [0.1, 0.15) is 5.75 Å². The lowest BCUT2D eigenvalue weighted by Gasteiger charge is -2.08. The van der Waals surface area contributed by atoms with Crippen LogP contribution in [0.25, 0.3) is 10.8 Å². The number of aryl methyl sites for hydroxylation is 1. The van der Waals surface area contributed by atoms with E-state index in [2.05, 4.69) is 12.1 Å². The molecule has 0 atom stereocenters. The molecule has 0 fully saturated rings. The lowest BCUT2D eigenvalue weighted by molar-refractivity contribution is 0.452. The van der Waals surface area contributed by atoms with Crippen LogP contribution in [-0.4, -0.2) is 12.7 Å². The molecule has 0 unspecified atom stereocenters. The van der Waals surface area contributed by atoms with Crippen molar-refractivity contribution in [2.75, 3.05) is 0 Å². The summed E-state index contributed by atoms with van der Waals surface area (Å²) in [5.74, 6) is 0.742. The molecule has 0 aliphatic rings. The van der Waals surface area contributed by atoms with Crippen LogP contribution in [0.3, 0.4) is 0 Å². The highest BCUT2D eigenvalue weighted by Gasteiger charge is 2.03. The van der Waals surface area contributed by atoms with Crippen LogP contribution in [0.2, 0.25) is 0 Å². The molecule has 0 spiro atoms. The highest BCUT2D eigenvalue weighted by molar-refractivity contribution is 6.17. The molecule has 2 aromatic rings. The zero-order valence-electron chi connectivity index (χ0n) is 8.03. The molecule has 0 amide bonds. The van der Waals surface area contributed by atoms with Gasteiger partial charge < -0.3 is 9.68 Å². The van der Waals surface area contributed by atoms with E-state index in [4.69, 9.17) is 9.68 Å². The molecule has 0 aromatic heterocycles. The van der Waals surface area contributed by atoms with Crippen LogP contribution in [0, 0.1) is 6.92 Å². The van der Waals surface area contributed by atoms with Gasteiger partial charge in [0.05, 0.1) is 0 Å². The van der Waals surface area contributed by atoms with E-state index in [1.54, 1.807) is 0 Å². The van der Waals surface area contributed by atoms with Gasteiger partial charge in [-0.3, -0.25) is 0 Å². The van der Waals surface area contributed by atoms with Crippen molar-refractivity contribution in [3.63, 3.8) is 0 Å². The monoisotopic (exact) mass is 186 g/mol. The summed E-state index contributed by atoms with van der Waals surface area (Å²) in [6, 6.07) is 12.0. The van der Waals surface area contributed by atoms with Gasteiger partial charge in [0, 0.05) is 0 Å². The number of hydrogen-bond acceptors (Lipinski definition) is 2. The van der Waals surface area contributed by atoms with Crippen LogP contribution in [0.5, 0.6) is 5.75 Å². The van der Waals surface area contributed by atoms with Crippen LogP contribution >= 0.6 is 0 Å². The minimum absolute atomic E-state index is 0.279. The normalized spacial score (nSPS) is 10.1. The quantitative estimate of drug-likeness (QED) is 0.724. The van der Waals surface area contributed by atoms with Gasteiger partial charge in [-0.2, -0.15) is 0 Å². The van der Waals surface area contributed by atoms with Gasteiger partial charge in [0.2, 0.25) is 0 Å². The van der Waals surface area contributed by atoms with E-state index < -0.39 is 0 Å².